The summed E-state index contributed by atoms with van der Waals surface area (Å²) in [4.78, 5) is 27.8. The fourth-order valence-corrected chi connectivity index (χ4v) is 4.32. The first-order valence-corrected chi connectivity index (χ1v) is 13.0. The molecule has 0 unspecified atom stereocenters. The van der Waals surface area contributed by atoms with Crippen LogP contribution in [0.15, 0.2) is 48.5 Å². The summed E-state index contributed by atoms with van der Waals surface area (Å²) in [5, 5.41) is 2.90. The van der Waals surface area contributed by atoms with Crippen LogP contribution in [-0.2, 0) is 26.2 Å². The van der Waals surface area contributed by atoms with Gasteiger partial charge in [0.15, 0.2) is 11.5 Å². The van der Waals surface area contributed by atoms with Crippen LogP contribution in [0.5, 0.6) is 11.5 Å². The van der Waals surface area contributed by atoms with Gasteiger partial charge in [0.25, 0.3) is 0 Å². The molecule has 1 heterocycles. The zero-order chi connectivity index (χ0) is 24.9. The van der Waals surface area contributed by atoms with Crippen molar-refractivity contribution in [2.45, 2.75) is 45.8 Å². The summed E-state index contributed by atoms with van der Waals surface area (Å²) in [7, 11) is -3.82. The number of hydrogen-bond donors (Lipinski definition) is 1. The summed E-state index contributed by atoms with van der Waals surface area (Å²) in [5.41, 5.74) is 1.10. The van der Waals surface area contributed by atoms with Crippen LogP contribution in [0.25, 0.3) is 0 Å². The molecule has 0 radical (unpaired) electrons. The minimum Gasteiger partial charge on any atom is -0.454 e. The number of fused-ring (bicyclic) bond motifs is 1. The number of ether oxygens (including phenoxy) is 2. The average Bonchev–Trinajstić information content (AvgIpc) is 3.28. The Morgan fingerprint density at radius 3 is 2.38 bits per heavy atom. The fourth-order valence-electron chi connectivity index (χ4n) is 3.48. The lowest BCUT2D eigenvalue weighted by molar-refractivity contribution is -0.139. The van der Waals surface area contributed by atoms with E-state index >= 15 is 0 Å². The maximum Gasteiger partial charge on any atom is 0.244 e. The highest BCUT2D eigenvalue weighted by Crippen LogP contribution is 2.36. The minimum atomic E-state index is -3.82. The van der Waals surface area contributed by atoms with Gasteiger partial charge in [0.05, 0.1) is 11.9 Å². The maximum absolute atomic E-state index is 13.5. The second-order valence-electron chi connectivity index (χ2n) is 8.31. The van der Waals surface area contributed by atoms with E-state index in [4.69, 9.17) is 9.47 Å². The molecule has 2 atom stereocenters. The molecular weight excluding hydrogens is 458 g/mol. The zero-order valence-corrected chi connectivity index (χ0v) is 20.7. The van der Waals surface area contributed by atoms with Crippen LogP contribution >= 0.6 is 0 Å². The fraction of sp³-hybridized carbons (Fsp3) is 0.417. The number of rotatable bonds is 10. The van der Waals surface area contributed by atoms with Crippen molar-refractivity contribution in [2.24, 2.45) is 0 Å². The number of carbonyl (C=O) groups is 2. The van der Waals surface area contributed by atoms with Crippen molar-refractivity contribution in [1.82, 2.24) is 10.2 Å². The van der Waals surface area contributed by atoms with Crippen molar-refractivity contribution in [3.63, 3.8) is 0 Å². The van der Waals surface area contributed by atoms with E-state index in [1.54, 1.807) is 19.1 Å². The van der Waals surface area contributed by atoms with Gasteiger partial charge in [-0.3, -0.25) is 13.9 Å². The summed E-state index contributed by atoms with van der Waals surface area (Å²) < 4.78 is 36.9. The van der Waals surface area contributed by atoms with Crippen molar-refractivity contribution in [3.05, 3.63) is 54.1 Å². The van der Waals surface area contributed by atoms with Crippen LogP contribution in [-0.4, -0.2) is 56.8 Å². The predicted octanol–water partition coefficient (Wildman–Crippen LogP) is 2.51. The van der Waals surface area contributed by atoms with E-state index in [-0.39, 0.29) is 31.0 Å². The molecule has 0 aliphatic carbocycles. The van der Waals surface area contributed by atoms with Crippen molar-refractivity contribution < 1.29 is 27.5 Å². The molecule has 2 aromatic carbocycles. The second kappa shape index (κ2) is 10.8. The smallest absolute Gasteiger partial charge is 0.244 e. The number of amides is 2. The molecule has 0 aromatic heterocycles. The Morgan fingerprint density at radius 1 is 1.06 bits per heavy atom. The summed E-state index contributed by atoms with van der Waals surface area (Å²) in [6.07, 6.45) is 1.78. The number of carbonyl (C=O) groups excluding carboxylic acids is 2. The molecule has 0 saturated heterocycles. The first kappa shape index (κ1) is 25.4. The van der Waals surface area contributed by atoms with Crippen LogP contribution in [0.1, 0.15) is 32.8 Å². The Hall–Kier alpha value is -3.27. The molecule has 2 aromatic rings. The molecule has 10 heteroatoms. The normalized spacial score (nSPS) is 14.2. The van der Waals surface area contributed by atoms with E-state index in [9.17, 15) is 18.0 Å². The molecule has 0 fully saturated rings. The lowest BCUT2D eigenvalue weighted by Gasteiger charge is -2.32. The summed E-state index contributed by atoms with van der Waals surface area (Å²) in [5.74, 6) is 0.108. The van der Waals surface area contributed by atoms with E-state index in [1.165, 1.54) is 11.0 Å². The standard InChI is InChI=1S/C24H31N3O6S/c1-5-17(2)25-24(29)18(3)26(14-19-9-7-6-8-10-19)23(28)15-27(34(4,30)31)20-11-12-21-22(13-20)33-16-32-21/h6-13,17-18H,5,14-16H2,1-4H3,(H,25,29)/t17-,18+/m1/s1. The number of benzene rings is 2. The highest BCUT2D eigenvalue weighted by molar-refractivity contribution is 7.92. The summed E-state index contributed by atoms with van der Waals surface area (Å²) >= 11 is 0. The third kappa shape index (κ3) is 6.19. The SMILES string of the molecule is CC[C@@H](C)NC(=O)[C@H](C)N(Cc1ccccc1)C(=O)CN(c1ccc2c(c1)OCO2)S(C)(=O)=O. The van der Waals surface area contributed by atoms with Gasteiger partial charge in [-0.15, -0.1) is 0 Å². The Bertz CT molecular complexity index is 1120. The molecule has 184 valence electrons. The van der Waals surface area contributed by atoms with Gasteiger partial charge < -0.3 is 19.7 Å². The maximum atomic E-state index is 13.5. The van der Waals surface area contributed by atoms with Crippen LogP contribution in [0.3, 0.4) is 0 Å². The topological polar surface area (TPSA) is 105 Å². The third-order valence-corrected chi connectivity index (χ3v) is 6.83. The number of anilines is 1. The highest BCUT2D eigenvalue weighted by Gasteiger charge is 2.31. The van der Waals surface area contributed by atoms with Crippen molar-refractivity contribution in [3.8, 4) is 11.5 Å². The first-order chi connectivity index (χ1) is 16.1. The molecule has 0 spiro atoms. The van der Waals surface area contributed by atoms with Crippen LogP contribution in [0.2, 0.25) is 0 Å². The minimum absolute atomic E-state index is 0.0459. The van der Waals surface area contributed by atoms with E-state index in [2.05, 4.69) is 5.32 Å². The molecular formula is C24H31N3O6S. The van der Waals surface area contributed by atoms with Gasteiger partial charge in [-0.05, 0) is 38.0 Å². The number of sulfonamides is 1. The Balaban J connectivity index is 1.89. The van der Waals surface area contributed by atoms with E-state index in [1.807, 2.05) is 44.2 Å². The predicted molar refractivity (Wildman–Crippen MR) is 129 cm³/mol. The molecule has 34 heavy (non-hydrogen) atoms. The average molecular weight is 490 g/mol. The second-order valence-corrected chi connectivity index (χ2v) is 10.2. The number of nitrogens with one attached hydrogen (secondary N) is 1. The zero-order valence-electron chi connectivity index (χ0n) is 19.9. The quantitative estimate of drug-likeness (QED) is 0.550. The molecule has 1 aliphatic rings. The molecule has 2 amide bonds. The monoisotopic (exact) mass is 489 g/mol. The molecule has 9 nitrogen and oxygen atoms in total. The van der Waals surface area contributed by atoms with Crippen molar-refractivity contribution in [1.29, 1.82) is 0 Å². The van der Waals surface area contributed by atoms with Crippen molar-refractivity contribution >= 4 is 27.5 Å². The number of hydrogen-bond acceptors (Lipinski definition) is 6. The first-order valence-electron chi connectivity index (χ1n) is 11.1. The lowest BCUT2D eigenvalue weighted by Crippen LogP contribution is -2.52. The van der Waals surface area contributed by atoms with Gasteiger partial charge >= 0.3 is 0 Å². The van der Waals surface area contributed by atoms with E-state index < -0.39 is 28.5 Å². The Morgan fingerprint density at radius 2 is 1.74 bits per heavy atom. The molecule has 1 N–H and O–H groups in total. The largest absolute Gasteiger partial charge is 0.454 e. The van der Waals surface area contributed by atoms with Crippen LogP contribution in [0, 0.1) is 0 Å². The van der Waals surface area contributed by atoms with E-state index in [0.29, 0.717) is 11.5 Å². The Kier molecular flexibility index (Phi) is 8.03. The van der Waals surface area contributed by atoms with Gasteiger partial charge in [-0.1, -0.05) is 37.3 Å². The van der Waals surface area contributed by atoms with Gasteiger partial charge in [-0.2, -0.15) is 0 Å². The van der Waals surface area contributed by atoms with Crippen molar-refractivity contribution in [2.75, 3.05) is 23.9 Å². The van der Waals surface area contributed by atoms with Gasteiger partial charge in [0, 0.05) is 18.7 Å². The molecule has 0 bridgehead atoms. The molecule has 0 saturated carbocycles. The van der Waals surface area contributed by atoms with Gasteiger partial charge in [0.1, 0.15) is 12.6 Å². The Labute approximate surface area is 200 Å². The van der Waals surface area contributed by atoms with Crippen LogP contribution < -0.4 is 19.1 Å². The molecule has 1 aliphatic heterocycles. The summed E-state index contributed by atoms with van der Waals surface area (Å²) in [6, 6.07) is 13.1. The van der Waals surface area contributed by atoms with Crippen LogP contribution in [0.4, 0.5) is 5.69 Å². The van der Waals surface area contributed by atoms with E-state index in [0.717, 1.165) is 22.5 Å². The van der Waals surface area contributed by atoms with Gasteiger partial charge in [0.2, 0.25) is 28.6 Å². The summed E-state index contributed by atoms with van der Waals surface area (Å²) in [6.45, 7) is 5.23. The lowest BCUT2D eigenvalue weighted by atomic mass is 10.1. The number of nitrogens with zero attached hydrogens (tertiary/aromatic N) is 2. The van der Waals surface area contributed by atoms with Gasteiger partial charge in [-0.25, -0.2) is 8.42 Å². The molecule has 3 rings (SSSR count). The highest BCUT2D eigenvalue weighted by atomic mass is 32.2. The third-order valence-electron chi connectivity index (χ3n) is 5.69.